The van der Waals surface area contributed by atoms with Gasteiger partial charge in [0, 0.05) is 32.7 Å². The van der Waals surface area contributed by atoms with Gasteiger partial charge in [-0.15, -0.1) is 0 Å². The number of hydrogen-bond donors (Lipinski definition) is 2. The predicted octanol–water partition coefficient (Wildman–Crippen LogP) is -0.566. The first-order chi connectivity index (χ1) is 8.36. The van der Waals surface area contributed by atoms with Crippen LogP contribution in [0.15, 0.2) is 0 Å². The topological polar surface area (TPSA) is 53.6 Å². The molecular formula is C12H23N3O2. The highest BCUT2D eigenvalue weighted by molar-refractivity contribution is 5.77. The number of amides is 1. The quantitative estimate of drug-likeness (QED) is 0.692. The fourth-order valence-corrected chi connectivity index (χ4v) is 2.38. The Kier molecular flexibility index (Phi) is 5.22. The van der Waals surface area contributed by atoms with Crippen molar-refractivity contribution in [1.29, 1.82) is 0 Å². The first kappa shape index (κ1) is 12.8. The average molecular weight is 241 g/mol. The molecule has 2 aliphatic rings. The lowest BCUT2D eigenvalue weighted by Crippen LogP contribution is -2.47. The van der Waals surface area contributed by atoms with Gasteiger partial charge in [-0.3, -0.25) is 4.79 Å². The molecule has 2 heterocycles. The maximum absolute atomic E-state index is 11.8. The highest BCUT2D eigenvalue weighted by Crippen LogP contribution is 2.09. The molecule has 98 valence electrons. The van der Waals surface area contributed by atoms with E-state index in [4.69, 9.17) is 4.74 Å². The summed E-state index contributed by atoms with van der Waals surface area (Å²) in [6.07, 6.45) is 2.44. The van der Waals surface area contributed by atoms with Gasteiger partial charge >= 0.3 is 0 Å². The van der Waals surface area contributed by atoms with Gasteiger partial charge in [0.1, 0.15) is 6.61 Å². The number of piperidine rings is 1. The maximum Gasteiger partial charge on any atom is 0.248 e. The van der Waals surface area contributed by atoms with Crippen LogP contribution in [0.4, 0.5) is 0 Å². The van der Waals surface area contributed by atoms with Gasteiger partial charge in [-0.1, -0.05) is 0 Å². The molecule has 0 spiro atoms. The number of nitrogens with one attached hydrogen (secondary N) is 2. The largest absolute Gasteiger partial charge is 0.371 e. The molecular weight excluding hydrogens is 218 g/mol. The van der Waals surface area contributed by atoms with E-state index in [1.165, 1.54) is 12.8 Å². The van der Waals surface area contributed by atoms with E-state index in [1.54, 1.807) is 0 Å². The summed E-state index contributed by atoms with van der Waals surface area (Å²) < 4.78 is 5.54. The van der Waals surface area contributed by atoms with Gasteiger partial charge in [0.25, 0.3) is 0 Å². The maximum atomic E-state index is 11.8. The first-order valence-corrected chi connectivity index (χ1v) is 6.63. The summed E-state index contributed by atoms with van der Waals surface area (Å²) >= 11 is 0. The summed E-state index contributed by atoms with van der Waals surface area (Å²) in [4.78, 5) is 13.7. The van der Waals surface area contributed by atoms with Gasteiger partial charge in [-0.25, -0.2) is 0 Å². The Bertz CT molecular complexity index is 236. The van der Waals surface area contributed by atoms with Crippen LogP contribution < -0.4 is 10.6 Å². The Morgan fingerprint density at radius 1 is 1.24 bits per heavy atom. The molecule has 0 aromatic carbocycles. The van der Waals surface area contributed by atoms with Crippen molar-refractivity contribution in [2.45, 2.75) is 12.8 Å². The van der Waals surface area contributed by atoms with E-state index in [0.29, 0.717) is 12.5 Å². The third kappa shape index (κ3) is 4.26. The normalized spacial score (nSPS) is 25.9. The second-order valence-corrected chi connectivity index (χ2v) is 4.86. The molecule has 2 saturated heterocycles. The average Bonchev–Trinajstić information content (AvgIpc) is 2.41. The molecule has 5 nitrogen and oxygen atoms in total. The van der Waals surface area contributed by atoms with Crippen LogP contribution >= 0.6 is 0 Å². The molecule has 17 heavy (non-hydrogen) atoms. The molecule has 0 saturated carbocycles. The summed E-state index contributed by atoms with van der Waals surface area (Å²) in [6, 6.07) is 0. The Balaban J connectivity index is 1.58. The van der Waals surface area contributed by atoms with Crippen molar-refractivity contribution in [1.82, 2.24) is 15.5 Å². The van der Waals surface area contributed by atoms with E-state index in [9.17, 15) is 4.79 Å². The minimum Gasteiger partial charge on any atom is -0.371 e. The van der Waals surface area contributed by atoms with Crippen molar-refractivity contribution in [2.75, 3.05) is 52.5 Å². The number of hydrogen-bond acceptors (Lipinski definition) is 4. The summed E-state index contributed by atoms with van der Waals surface area (Å²) in [5, 5.41) is 6.59. The van der Waals surface area contributed by atoms with Gasteiger partial charge in [-0.2, -0.15) is 0 Å². The Morgan fingerprint density at radius 3 is 2.76 bits per heavy atom. The van der Waals surface area contributed by atoms with E-state index in [1.807, 2.05) is 4.90 Å². The lowest BCUT2D eigenvalue weighted by molar-refractivity contribution is -0.137. The second-order valence-electron chi connectivity index (χ2n) is 4.86. The van der Waals surface area contributed by atoms with Crippen LogP contribution in [0.25, 0.3) is 0 Å². The molecule has 0 aromatic rings. The fourth-order valence-electron chi connectivity index (χ4n) is 2.38. The third-order valence-electron chi connectivity index (χ3n) is 3.45. The predicted molar refractivity (Wildman–Crippen MR) is 65.9 cm³/mol. The van der Waals surface area contributed by atoms with E-state index in [-0.39, 0.29) is 12.5 Å². The molecule has 0 radical (unpaired) electrons. The van der Waals surface area contributed by atoms with Gasteiger partial charge in [0.2, 0.25) is 5.91 Å². The smallest absolute Gasteiger partial charge is 0.248 e. The number of ether oxygens (including phenoxy) is 1. The zero-order chi connectivity index (χ0) is 11.9. The number of nitrogens with zero attached hydrogens (tertiary/aromatic N) is 1. The molecule has 2 fully saturated rings. The van der Waals surface area contributed by atoms with E-state index >= 15 is 0 Å². The van der Waals surface area contributed by atoms with E-state index < -0.39 is 0 Å². The van der Waals surface area contributed by atoms with Crippen LogP contribution in [0.2, 0.25) is 0 Å². The minimum absolute atomic E-state index is 0.135. The fraction of sp³-hybridized carbons (Fsp3) is 0.917. The van der Waals surface area contributed by atoms with Crippen molar-refractivity contribution in [3.63, 3.8) is 0 Å². The zero-order valence-electron chi connectivity index (χ0n) is 10.4. The molecule has 1 unspecified atom stereocenters. The molecule has 5 heteroatoms. The lowest BCUT2D eigenvalue weighted by Gasteiger charge is -2.28. The molecule has 0 bridgehead atoms. The van der Waals surface area contributed by atoms with Crippen LogP contribution in [0, 0.1) is 5.92 Å². The minimum atomic E-state index is 0.135. The SMILES string of the molecule is O=C(COCC1CCCNC1)N1CCNCC1. The van der Waals surface area contributed by atoms with Crippen molar-refractivity contribution < 1.29 is 9.53 Å². The third-order valence-corrected chi connectivity index (χ3v) is 3.45. The van der Waals surface area contributed by atoms with Gasteiger partial charge < -0.3 is 20.3 Å². The summed E-state index contributed by atoms with van der Waals surface area (Å²) in [7, 11) is 0. The highest BCUT2D eigenvalue weighted by atomic mass is 16.5. The molecule has 1 atom stereocenters. The summed E-state index contributed by atoms with van der Waals surface area (Å²) in [6.45, 7) is 6.54. The standard InChI is InChI=1S/C12H23N3O2/c16-12(15-6-4-13-5-7-15)10-17-9-11-2-1-3-14-8-11/h11,13-14H,1-10H2. The number of piperazine rings is 1. The molecule has 2 N–H and O–H groups in total. The first-order valence-electron chi connectivity index (χ1n) is 6.63. The summed E-state index contributed by atoms with van der Waals surface area (Å²) in [5.74, 6) is 0.717. The van der Waals surface area contributed by atoms with Crippen LogP contribution in [-0.2, 0) is 9.53 Å². The Labute approximate surface area is 103 Å². The number of carbonyl (C=O) groups is 1. The van der Waals surface area contributed by atoms with Crippen LogP contribution in [-0.4, -0.2) is 63.3 Å². The van der Waals surface area contributed by atoms with E-state index in [2.05, 4.69) is 10.6 Å². The second kappa shape index (κ2) is 6.93. The lowest BCUT2D eigenvalue weighted by atomic mass is 10.0. The Morgan fingerprint density at radius 2 is 2.06 bits per heavy atom. The molecule has 2 rings (SSSR count). The number of carbonyl (C=O) groups excluding carboxylic acids is 1. The van der Waals surface area contributed by atoms with Crippen molar-refractivity contribution >= 4 is 5.91 Å². The van der Waals surface area contributed by atoms with Crippen LogP contribution in [0.1, 0.15) is 12.8 Å². The molecule has 1 amide bonds. The van der Waals surface area contributed by atoms with E-state index in [0.717, 1.165) is 39.3 Å². The number of rotatable bonds is 4. The van der Waals surface area contributed by atoms with Crippen molar-refractivity contribution in [3.05, 3.63) is 0 Å². The zero-order valence-corrected chi connectivity index (χ0v) is 10.4. The Hall–Kier alpha value is -0.650. The van der Waals surface area contributed by atoms with Crippen LogP contribution in [0.5, 0.6) is 0 Å². The molecule has 0 aliphatic carbocycles. The van der Waals surface area contributed by atoms with Crippen LogP contribution in [0.3, 0.4) is 0 Å². The monoisotopic (exact) mass is 241 g/mol. The summed E-state index contributed by atoms with van der Waals surface area (Å²) in [5.41, 5.74) is 0. The van der Waals surface area contributed by atoms with Crippen molar-refractivity contribution in [3.8, 4) is 0 Å². The van der Waals surface area contributed by atoms with Crippen molar-refractivity contribution in [2.24, 2.45) is 5.92 Å². The molecule has 0 aromatic heterocycles. The van der Waals surface area contributed by atoms with Gasteiger partial charge in [0.15, 0.2) is 0 Å². The molecule has 2 aliphatic heterocycles. The van der Waals surface area contributed by atoms with Gasteiger partial charge in [0.05, 0.1) is 6.61 Å². The van der Waals surface area contributed by atoms with Gasteiger partial charge in [-0.05, 0) is 25.3 Å². The highest BCUT2D eigenvalue weighted by Gasteiger charge is 2.17.